The molecular weight excluding hydrogens is 479 g/mol. The highest BCUT2D eigenvalue weighted by Gasteiger charge is 2.33. The van der Waals surface area contributed by atoms with Crippen molar-refractivity contribution in [3.8, 4) is 0 Å². The van der Waals surface area contributed by atoms with E-state index in [1.54, 1.807) is 7.11 Å². The minimum Gasteiger partial charge on any atom is -0.385 e. The molecule has 0 spiro atoms. The molecule has 0 aromatic heterocycles. The second-order valence-corrected chi connectivity index (χ2v) is 9.16. The van der Waals surface area contributed by atoms with Crippen molar-refractivity contribution in [3.05, 3.63) is 0 Å². The van der Waals surface area contributed by atoms with Gasteiger partial charge in [-0.3, -0.25) is 4.99 Å². The fraction of sp³-hybridized carbons (Fsp3) is 0.944. The monoisotopic (exact) mass is 518 g/mol. The summed E-state index contributed by atoms with van der Waals surface area (Å²) < 4.78 is 30.0. The molecule has 1 aliphatic rings. The van der Waals surface area contributed by atoms with Crippen LogP contribution in [-0.2, 0) is 14.8 Å². The minimum atomic E-state index is -3.12. The normalized spacial score (nSPS) is 17.0. The highest BCUT2D eigenvalue weighted by Crippen LogP contribution is 2.41. The Hall–Kier alpha value is -0.130. The highest BCUT2D eigenvalue weighted by atomic mass is 127. The molecule has 2 N–H and O–H groups in total. The van der Waals surface area contributed by atoms with Crippen molar-refractivity contribution < 1.29 is 13.2 Å². The van der Waals surface area contributed by atoms with Crippen LogP contribution in [-0.4, -0.2) is 71.4 Å². The second-order valence-electron chi connectivity index (χ2n) is 7.18. The predicted molar refractivity (Wildman–Crippen MR) is 123 cm³/mol. The van der Waals surface area contributed by atoms with E-state index in [4.69, 9.17) is 9.73 Å². The second kappa shape index (κ2) is 13.9. The van der Waals surface area contributed by atoms with Crippen LogP contribution in [0.3, 0.4) is 0 Å². The topological polar surface area (TPSA) is 83.0 Å². The Morgan fingerprint density at radius 2 is 1.89 bits per heavy atom. The summed E-state index contributed by atoms with van der Waals surface area (Å²) in [5, 5.41) is 6.62. The van der Waals surface area contributed by atoms with Gasteiger partial charge in [0.2, 0.25) is 10.0 Å². The van der Waals surface area contributed by atoms with Gasteiger partial charge in [-0.2, -0.15) is 0 Å². The van der Waals surface area contributed by atoms with Gasteiger partial charge in [-0.05, 0) is 38.0 Å². The van der Waals surface area contributed by atoms with Crippen LogP contribution < -0.4 is 10.6 Å². The van der Waals surface area contributed by atoms with E-state index in [0.29, 0.717) is 19.6 Å². The average Bonchev–Trinajstić information content (AvgIpc) is 3.06. The van der Waals surface area contributed by atoms with Gasteiger partial charge in [0.15, 0.2) is 5.96 Å². The Kier molecular flexibility index (Phi) is 13.9. The van der Waals surface area contributed by atoms with Crippen LogP contribution in [0.4, 0.5) is 0 Å². The maximum Gasteiger partial charge on any atom is 0.211 e. The summed E-state index contributed by atoms with van der Waals surface area (Å²) in [4.78, 5) is 4.81. The Labute approximate surface area is 183 Å². The third-order valence-electron chi connectivity index (χ3n) is 5.12. The minimum absolute atomic E-state index is 0. The zero-order valence-electron chi connectivity index (χ0n) is 17.4. The number of aliphatic imine (C=N–C) groups is 1. The molecule has 0 unspecified atom stereocenters. The number of nitrogens with zero attached hydrogens (tertiary/aromatic N) is 2. The summed E-state index contributed by atoms with van der Waals surface area (Å²) in [7, 11) is -1.36. The number of ether oxygens (including phenoxy) is 1. The Bertz CT molecular complexity index is 523. The van der Waals surface area contributed by atoms with Gasteiger partial charge in [-0.25, -0.2) is 12.7 Å². The summed E-state index contributed by atoms with van der Waals surface area (Å²) in [6.45, 7) is 8.06. The quantitative estimate of drug-likeness (QED) is 0.180. The first kappa shape index (κ1) is 26.9. The third kappa shape index (κ3) is 10.3. The van der Waals surface area contributed by atoms with Crippen LogP contribution in [0.15, 0.2) is 4.99 Å². The Balaban J connectivity index is 0.00000676. The Morgan fingerprint density at radius 1 is 1.22 bits per heavy atom. The van der Waals surface area contributed by atoms with Gasteiger partial charge in [-0.15, -0.1) is 24.0 Å². The summed E-state index contributed by atoms with van der Waals surface area (Å²) >= 11 is 0. The van der Waals surface area contributed by atoms with Crippen molar-refractivity contribution in [1.82, 2.24) is 14.9 Å². The van der Waals surface area contributed by atoms with Gasteiger partial charge in [0.25, 0.3) is 0 Å². The van der Waals surface area contributed by atoms with Gasteiger partial charge < -0.3 is 15.4 Å². The Morgan fingerprint density at radius 3 is 2.41 bits per heavy atom. The maximum absolute atomic E-state index is 11.6. The smallest absolute Gasteiger partial charge is 0.211 e. The molecule has 0 saturated heterocycles. The molecule has 7 nitrogen and oxygen atoms in total. The summed E-state index contributed by atoms with van der Waals surface area (Å²) in [6, 6.07) is 0. The zero-order chi connectivity index (χ0) is 19.5. The van der Waals surface area contributed by atoms with E-state index in [1.165, 1.54) is 36.2 Å². The molecular formula is C18H39IN4O3S. The van der Waals surface area contributed by atoms with E-state index < -0.39 is 10.0 Å². The van der Waals surface area contributed by atoms with Crippen molar-refractivity contribution >= 4 is 40.0 Å². The van der Waals surface area contributed by atoms with Crippen LogP contribution in [0.5, 0.6) is 0 Å². The lowest BCUT2D eigenvalue weighted by Gasteiger charge is -2.27. The van der Waals surface area contributed by atoms with Crippen molar-refractivity contribution in [3.63, 3.8) is 0 Å². The number of hydrogen-bond donors (Lipinski definition) is 2. The molecule has 9 heteroatoms. The van der Waals surface area contributed by atoms with Gasteiger partial charge >= 0.3 is 0 Å². The van der Waals surface area contributed by atoms with Crippen molar-refractivity contribution in [1.29, 1.82) is 0 Å². The number of halogens is 1. The first-order valence-electron chi connectivity index (χ1n) is 9.83. The number of nitrogens with one attached hydrogen (secondary N) is 2. The first-order chi connectivity index (χ1) is 12.4. The number of hydrogen-bond acceptors (Lipinski definition) is 4. The molecule has 0 heterocycles. The van der Waals surface area contributed by atoms with E-state index in [2.05, 4.69) is 17.6 Å². The van der Waals surface area contributed by atoms with Crippen LogP contribution in [0, 0.1) is 5.41 Å². The predicted octanol–water partition coefficient (Wildman–Crippen LogP) is 2.43. The van der Waals surface area contributed by atoms with Crippen molar-refractivity contribution in [2.24, 2.45) is 10.4 Å². The summed E-state index contributed by atoms with van der Waals surface area (Å²) in [5.74, 6) is 0.818. The molecule has 1 rings (SSSR count). The SMILES string of the molecule is CCNC(=NCC1(CCOC)CCCC1)NCCCN(CC)S(C)(=O)=O.I. The van der Waals surface area contributed by atoms with Gasteiger partial charge in [-0.1, -0.05) is 19.8 Å². The lowest BCUT2D eigenvalue weighted by molar-refractivity contribution is 0.141. The lowest BCUT2D eigenvalue weighted by Crippen LogP contribution is -2.40. The molecule has 162 valence electrons. The molecule has 0 bridgehead atoms. The summed E-state index contributed by atoms with van der Waals surface area (Å²) in [5.41, 5.74) is 0.271. The standard InChI is InChI=1S/C18H38N4O3S.HI/c1-5-19-17(20-13-9-14-22(6-2)26(4,23)24)21-16-18(12-15-25-3)10-7-8-11-18;/h5-16H2,1-4H3,(H2,19,20,21);1H. The maximum atomic E-state index is 11.6. The van der Waals surface area contributed by atoms with E-state index in [1.807, 2.05) is 6.92 Å². The lowest BCUT2D eigenvalue weighted by atomic mass is 9.83. The third-order valence-corrected chi connectivity index (χ3v) is 6.49. The molecule has 1 saturated carbocycles. The zero-order valence-corrected chi connectivity index (χ0v) is 20.6. The van der Waals surface area contributed by atoms with Gasteiger partial charge in [0, 0.05) is 46.4 Å². The fourth-order valence-corrected chi connectivity index (χ4v) is 4.47. The number of methoxy groups -OCH3 is 1. The van der Waals surface area contributed by atoms with Crippen LogP contribution in [0.1, 0.15) is 52.4 Å². The fourth-order valence-electron chi connectivity index (χ4n) is 3.54. The van der Waals surface area contributed by atoms with E-state index in [0.717, 1.165) is 38.5 Å². The van der Waals surface area contributed by atoms with Gasteiger partial charge in [0.05, 0.1) is 6.26 Å². The van der Waals surface area contributed by atoms with Crippen molar-refractivity contribution in [2.45, 2.75) is 52.4 Å². The first-order valence-corrected chi connectivity index (χ1v) is 11.7. The van der Waals surface area contributed by atoms with Crippen LogP contribution in [0.2, 0.25) is 0 Å². The number of rotatable bonds is 12. The summed E-state index contributed by atoms with van der Waals surface area (Å²) in [6.07, 6.45) is 8.07. The molecule has 0 atom stereocenters. The molecule has 1 aliphatic carbocycles. The van der Waals surface area contributed by atoms with Crippen LogP contribution >= 0.6 is 24.0 Å². The van der Waals surface area contributed by atoms with Crippen molar-refractivity contribution in [2.75, 3.05) is 52.7 Å². The molecule has 0 aromatic carbocycles. The molecule has 0 aliphatic heterocycles. The van der Waals surface area contributed by atoms with E-state index >= 15 is 0 Å². The molecule has 27 heavy (non-hydrogen) atoms. The number of guanidine groups is 1. The molecule has 0 amide bonds. The largest absolute Gasteiger partial charge is 0.385 e. The van der Waals surface area contributed by atoms with E-state index in [9.17, 15) is 8.42 Å². The molecule has 0 radical (unpaired) electrons. The molecule has 1 fully saturated rings. The van der Waals surface area contributed by atoms with Crippen LogP contribution in [0.25, 0.3) is 0 Å². The highest BCUT2D eigenvalue weighted by molar-refractivity contribution is 14.0. The number of sulfonamides is 1. The molecule has 0 aromatic rings. The van der Waals surface area contributed by atoms with Gasteiger partial charge in [0.1, 0.15) is 0 Å². The average molecular weight is 519 g/mol. The van der Waals surface area contributed by atoms with E-state index in [-0.39, 0.29) is 29.4 Å².